The van der Waals surface area contributed by atoms with Crippen LogP contribution in [0.4, 0.5) is 5.69 Å². The Hall–Kier alpha value is -4.08. The van der Waals surface area contributed by atoms with Crippen LogP contribution in [0.3, 0.4) is 0 Å². The number of rotatable bonds is 5. The highest BCUT2D eigenvalue weighted by Crippen LogP contribution is 2.13. The predicted molar refractivity (Wildman–Crippen MR) is 96.2 cm³/mol. The zero-order valence-electron chi connectivity index (χ0n) is 14.0. The quantitative estimate of drug-likeness (QED) is 0.412. The summed E-state index contributed by atoms with van der Waals surface area (Å²) in [6.07, 6.45) is 2.66. The Balaban J connectivity index is 1.87. The van der Waals surface area contributed by atoms with Crippen LogP contribution in [0.15, 0.2) is 58.6 Å². The molecule has 0 saturated heterocycles. The fourth-order valence-corrected chi connectivity index (χ4v) is 2.33. The number of non-ortho nitro benzene ring substituents is 1. The predicted octanol–water partition coefficient (Wildman–Crippen LogP) is 1.38. The second kappa shape index (κ2) is 7.44. The van der Waals surface area contributed by atoms with E-state index in [4.69, 9.17) is 4.74 Å². The van der Waals surface area contributed by atoms with E-state index in [1.54, 1.807) is 24.4 Å². The molecule has 0 saturated carbocycles. The molecule has 0 bridgehead atoms. The monoisotopic (exact) mass is 367 g/mol. The molecule has 0 unspecified atom stereocenters. The number of hydrogen-bond donors (Lipinski definition) is 1. The van der Waals surface area contributed by atoms with Crippen LogP contribution in [0.2, 0.25) is 0 Å². The molecule has 1 aromatic carbocycles. The number of benzene rings is 1. The third kappa shape index (κ3) is 3.63. The minimum Gasteiger partial charge on any atom is -0.480 e. The van der Waals surface area contributed by atoms with Gasteiger partial charge in [0.2, 0.25) is 5.88 Å². The van der Waals surface area contributed by atoms with Crippen LogP contribution in [0, 0.1) is 10.1 Å². The van der Waals surface area contributed by atoms with Gasteiger partial charge in [-0.1, -0.05) is 12.1 Å². The van der Waals surface area contributed by atoms with Crippen molar-refractivity contribution in [2.45, 2.75) is 0 Å². The van der Waals surface area contributed by atoms with E-state index in [1.807, 2.05) is 0 Å². The van der Waals surface area contributed by atoms with Crippen molar-refractivity contribution in [1.29, 1.82) is 0 Å². The minimum atomic E-state index is -0.664. The summed E-state index contributed by atoms with van der Waals surface area (Å²) >= 11 is 0. The molecule has 2 aromatic heterocycles. The molecule has 1 amide bonds. The van der Waals surface area contributed by atoms with Crippen molar-refractivity contribution < 1.29 is 14.5 Å². The second-order valence-corrected chi connectivity index (χ2v) is 5.28. The number of nitro benzene ring substituents is 1. The Morgan fingerprint density at radius 3 is 2.89 bits per heavy atom. The van der Waals surface area contributed by atoms with Gasteiger partial charge in [0.15, 0.2) is 0 Å². The van der Waals surface area contributed by atoms with Gasteiger partial charge < -0.3 is 4.74 Å². The number of nitrogens with zero attached hydrogens (tertiary/aromatic N) is 4. The second-order valence-electron chi connectivity index (χ2n) is 5.28. The summed E-state index contributed by atoms with van der Waals surface area (Å²) in [7, 11) is 1.36. The number of carbonyl (C=O) groups excluding carboxylic acids is 1. The molecular weight excluding hydrogens is 354 g/mol. The summed E-state index contributed by atoms with van der Waals surface area (Å²) < 4.78 is 6.43. The highest BCUT2D eigenvalue weighted by Gasteiger charge is 2.13. The Bertz CT molecular complexity index is 1120. The molecule has 3 rings (SSSR count). The summed E-state index contributed by atoms with van der Waals surface area (Å²) in [5.74, 6) is -0.609. The fraction of sp³-hybridized carbons (Fsp3) is 0.0588. The summed E-state index contributed by atoms with van der Waals surface area (Å²) in [6.45, 7) is 0. The third-order valence-corrected chi connectivity index (χ3v) is 3.61. The summed E-state index contributed by atoms with van der Waals surface area (Å²) in [5.41, 5.74) is 2.07. The van der Waals surface area contributed by atoms with Crippen LogP contribution >= 0.6 is 0 Å². The standard InChI is InChI=1S/C17H13N5O5/c1-27-16-13(17(24)21-8-3-2-7-14(21)19-16)10-18-20-15(23)11-5-4-6-12(9-11)22(25)26/h2-10H,1H3,(H,20,23). The number of ether oxygens (including phenoxy) is 1. The molecule has 0 aliphatic carbocycles. The van der Waals surface area contributed by atoms with E-state index in [2.05, 4.69) is 15.5 Å². The number of aromatic nitrogens is 2. The first-order valence-corrected chi connectivity index (χ1v) is 7.64. The van der Waals surface area contributed by atoms with Crippen molar-refractivity contribution in [3.8, 4) is 5.88 Å². The summed E-state index contributed by atoms with van der Waals surface area (Å²) in [4.78, 5) is 39.0. The highest BCUT2D eigenvalue weighted by molar-refractivity contribution is 5.95. The lowest BCUT2D eigenvalue weighted by molar-refractivity contribution is -0.384. The Morgan fingerprint density at radius 2 is 2.15 bits per heavy atom. The van der Waals surface area contributed by atoms with Crippen LogP contribution in [0.5, 0.6) is 5.88 Å². The molecule has 10 heteroatoms. The largest absolute Gasteiger partial charge is 0.480 e. The van der Waals surface area contributed by atoms with E-state index < -0.39 is 16.4 Å². The molecule has 1 N–H and O–H groups in total. The van der Waals surface area contributed by atoms with Crippen LogP contribution in [0.1, 0.15) is 15.9 Å². The number of amides is 1. The average Bonchev–Trinajstić information content (AvgIpc) is 2.69. The van der Waals surface area contributed by atoms with Gasteiger partial charge >= 0.3 is 0 Å². The highest BCUT2D eigenvalue weighted by atomic mass is 16.6. The number of fused-ring (bicyclic) bond motifs is 1. The molecular formula is C17H13N5O5. The lowest BCUT2D eigenvalue weighted by Gasteiger charge is -2.06. The van der Waals surface area contributed by atoms with Crippen molar-refractivity contribution in [1.82, 2.24) is 14.8 Å². The SMILES string of the molecule is COc1nc2ccccn2c(=O)c1C=NNC(=O)c1cccc([N+](=O)[O-])c1. The molecule has 0 aliphatic heterocycles. The van der Waals surface area contributed by atoms with Gasteiger partial charge in [-0.3, -0.25) is 24.1 Å². The number of nitro groups is 1. The van der Waals surface area contributed by atoms with Crippen molar-refractivity contribution >= 4 is 23.5 Å². The van der Waals surface area contributed by atoms with Crippen molar-refractivity contribution in [3.63, 3.8) is 0 Å². The molecule has 0 radical (unpaired) electrons. The van der Waals surface area contributed by atoms with Crippen molar-refractivity contribution in [2.75, 3.05) is 7.11 Å². The van der Waals surface area contributed by atoms with E-state index >= 15 is 0 Å². The lowest BCUT2D eigenvalue weighted by Crippen LogP contribution is -2.22. The Labute approximate surface area is 151 Å². The molecule has 0 atom stereocenters. The van der Waals surface area contributed by atoms with Gasteiger partial charge in [-0.05, 0) is 18.2 Å². The zero-order valence-corrected chi connectivity index (χ0v) is 14.0. The van der Waals surface area contributed by atoms with E-state index in [0.29, 0.717) is 5.65 Å². The first-order chi connectivity index (χ1) is 13.0. The lowest BCUT2D eigenvalue weighted by atomic mass is 10.2. The van der Waals surface area contributed by atoms with E-state index in [-0.39, 0.29) is 22.7 Å². The number of methoxy groups -OCH3 is 1. The molecule has 136 valence electrons. The normalized spacial score (nSPS) is 10.9. The smallest absolute Gasteiger partial charge is 0.271 e. The summed E-state index contributed by atoms with van der Waals surface area (Å²) in [6, 6.07) is 10.2. The molecule has 3 aromatic rings. The maximum Gasteiger partial charge on any atom is 0.271 e. The number of carbonyl (C=O) groups is 1. The number of nitrogens with one attached hydrogen (secondary N) is 1. The molecule has 2 heterocycles. The molecule has 10 nitrogen and oxygen atoms in total. The van der Waals surface area contributed by atoms with Gasteiger partial charge in [0.1, 0.15) is 11.2 Å². The fourth-order valence-electron chi connectivity index (χ4n) is 2.33. The maximum atomic E-state index is 12.5. The molecule has 0 fully saturated rings. The first-order valence-electron chi connectivity index (χ1n) is 7.64. The van der Waals surface area contributed by atoms with Crippen molar-refractivity contribution in [2.24, 2.45) is 5.10 Å². The van der Waals surface area contributed by atoms with Gasteiger partial charge in [0.25, 0.3) is 17.2 Å². The summed E-state index contributed by atoms with van der Waals surface area (Å²) in [5, 5.41) is 14.5. The van der Waals surface area contributed by atoms with Crippen LogP contribution < -0.4 is 15.7 Å². The average molecular weight is 367 g/mol. The van der Waals surface area contributed by atoms with E-state index in [0.717, 1.165) is 12.3 Å². The van der Waals surface area contributed by atoms with Gasteiger partial charge in [0.05, 0.1) is 18.2 Å². The topological polar surface area (TPSA) is 128 Å². The van der Waals surface area contributed by atoms with Crippen LogP contribution in [-0.2, 0) is 0 Å². The molecule has 0 aliphatic rings. The van der Waals surface area contributed by atoms with Gasteiger partial charge in [-0.15, -0.1) is 0 Å². The van der Waals surface area contributed by atoms with E-state index in [1.165, 1.54) is 29.7 Å². The van der Waals surface area contributed by atoms with Crippen LogP contribution in [0.25, 0.3) is 5.65 Å². The zero-order chi connectivity index (χ0) is 19.4. The third-order valence-electron chi connectivity index (χ3n) is 3.61. The van der Waals surface area contributed by atoms with Gasteiger partial charge in [-0.2, -0.15) is 10.1 Å². The Kier molecular flexibility index (Phi) is 4.88. The maximum absolute atomic E-state index is 12.5. The number of hydrogen-bond acceptors (Lipinski definition) is 7. The number of pyridine rings is 1. The van der Waals surface area contributed by atoms with E-state index in [9.17, 15) is 19.7 Å². The van der Waals surface area contributed by atoms with Gasteiger partial charge in [0, 0.05) is 23.9 Å². The first kappa shape index (κ1) is 17.7. The van der Waals surface area contributed by atoms with Gasteiger partial charge in [-0.25, -0.2) is 5.43 Å². The molecule has 27 heavy (non-hydrogen) atoms. The minimum absolute atomic E-state index is 0.0422. The van der Waals surface area contributed by atoms with Crippen molar-refractivity contribution in [3.05, 3.63) is 80.3 Å². The van der Waals surface area contributed by atoms with Crippen LogP contribution in [-0.4, -0.2) is 33.5 Å². The Morgan fingerprint density at radius 1 is 1.33 bits per heavy atom. The number of hydrazone groups is 1. The molecule has 0 spiro atoms.